The van der Waals surface area contributed by atoms with Crippen LogP contribution in [-0.4, -0.2) is 28.1 Å². The molecule has 0 unspecified atom stereocenters. The number of hydrogen-bond acceptors (Lipinski definition) is 3. The van der Waals surface area contributed by atoms with Crippen LogP contribution >= 0.6 is 0 Å². The van der Waals surface area contributed by atoms with E-state index in [0.717, 1.165) is 11.2 Å². The monoisotopic (exact) mass is 270 g/mol. The molecule has 5 heteroatoms. The number of nitrogens with zero attached hydrogens (tertiary/aromatic N) is 2. The zero-order valence-electron chi connectivity index (χ0n) is 12.3. The fourth-order valence-electron chi connectivity index (χ4n) is 2.18. The van der Waals surface area contributed by atoms with Crippen LogP contribution in [0.2, 0.25) is 0 Å². The standard InChI is InChI=1S/C15H19BN2O2/c1-14(2)15(3,4)20-16(19-14)12-6-8-13(9-7-12)18-11-5-10-17-18/h5-11H,1-4H3. The minimum absolute atomic E-state index is 0.307. The first-order valence-electron chi connectivity index (χ1n) is 6.85. The Morgan fingerprint density at radius 3 is 2.10 bits per heavy atom. The maximum atomic E-state index is 6.04. The molecule has 0 saturated carbocycles. The molecule has 1 aromatic heterocycles. The lowest BCUT2D eigenvalue weighted by atomic mass is 9.79. The van der Waals surface area contributed by atoms with Crippen molar-refractivity contribution in [2.75, 3.05) is 0 Å². The zero-order valence-corrected chi connectivity index (χ0v) is 12.3. The van der Waals surface area contributed by atoms with Crippen LogP contribution in [0, 0.1) is 0 Å². The Bertz CT molecular complexity index is 575. The summed E-state index contributed by atoms with van der Waals surface area (Å²) in [5.41, 5.74) is 1.44. The largest absolute Gasteiger partial charge is 0.494 e. The Kier molecular flexibility index (Phi) is 2.99. The van der Waals surface area contributed by atoms with Crippen LogP contribution in [0.4, 0.5) is 0 Å². The molecule has 1 aliphatic heterocycles. The van der Waals surface area contributed by atoms with Crippen molar-refractivity contribution in [2.45, 2.75) is 38.9 Å². The van der Waals surface area contributed by atoms with Crippen LogP contribution in [0.15, 0.2) is 42.7 Å². The fourth-order valence-corrected chi connectivity index (χ4v) is 2.18. The second kappa shape index (κ2) is 4.47. The molecule has 0 amide bonds. The molecule has 2 heterocycles. The Labute approximate surface area is 119 Å². The summed E-state index contributed by atoms with van der Waals surface area (Å²) < 4.78 is 13.9. The molecular weight excluding hydrogens is 251 g/mol. The molecule has 0 atom stereocenters. The molecule has 0 radical (unpaired) electrons. The second-order valence-corrected chi connectivity index (χ2v) is 6.13. The first kappa shape index (κ1) is 13.4. The van der Waals surface area contributed by atoms with Gasteiger partial charge >= 0.3 is 7.12 Å². The van der Waals surface area contributed by atoms with Gasteiger partial charge in [0, 0.05) is 12.4 Å². The molecule has 1 saturated heterocycles. The first-order valence-corrected chi connectivity index (χ1v) is 6.85. The summed E-state index contributed by atoms with van der Waals surface area (Å²) in [7, 11) is -0.313. The fraction of sp³-hybridized carbons (Fsp3) is 0.400. The van der Waals surface area contributed by atoms with Gasteiger partial charge < -0.3 is 9.31 Å². The topological polar surface area (TPSA) is 36.3 Å². The summed E-state index contributed by atoms with van der Waals surface area (Å²) in [4.78, 5) is 0. The molecule has 104 valence electrons. The highest BCUT2D eigenvalue weighted by atomic mass is 16.7. The van der Waals surface area contributed by atoms with Crippen LogP contribution in [0.5, 0.6) is 0 Å². The van der Waals surface area contributed by atoms with Gasteiger partial charge in [-0.25, -0.2) is 4.68 Å². The van der Waals surface area contributed by atoms with Crippen molar-refractivity contribution < 1.29 is 9.31 Å². The van der Waals surface area contributed by atoms with Crippen molar-refractivity contribution in [2.24, 2.45) is 0 Å². The molecule has 0 bridgehead atoms. The SMILES string of the molecule is CC1(C)OB(c2ccc(-n3cccn3)cc2)OC1(C)C. The Hall–Kier alpha value is -1.59. The molecule has 0 aliphatic carbocycles. The van der Waals surface area contributed by atoms with Crippen molar-refractivity contribution in [1.29, 1.82) is 0 Å². The Morgan fingerprint density at radius 2 is 1.60 bits per heavy atom. The van der Waals surface area contributed by atoms with E-state index in [1.54, 1.807) is 6.20 Å². The molecule has 1 fully saturated rings. The highest BCUT2D eigenvalue weighted by Gasteiger charge is 2.51. The Morgan fingerprint density at radius 1 is 1.00 bits per heavy atom. The van der Waals surface area contributed by atoms with E-state index in [-0.39, 0.29) is 18.3 Å². The van der Waals surface area contributed by atoms with Crippen molar-refractivity contribution in [3.8, 4) is 5.69 Å². The van der Waals surface area contributed by atoms with Gasteiger partial charge in [-0.1, -0.05) is 12.1 Å². The Balaban J connectivity index is 1.83. The van der Waals surface area contributed by atoms with Crippen molar-refractivity contribution >= 4 is 12.6 Å². The van der Waals surface area contributed by atoms with Gasteiger partial charge in [0.15, 0.2) is 0 Å². The zero-order chi connectivity index (χ0) is 14.4. The maximum absolute atomic E-state index is 6.04. The molecule has 2 aromatic rings. The lowest BCUT2D eigenvalue weighted by Crippen LogP contribution is -2.41. The van der Waals surface area contributed by atoms with E-state index in [1.165, 1.54) is 0 Å². The van der Waals surface area contributed by atoms with Crippen molar-refractivity contribution in [1.82, 2.24) is 9.78 Å². The van der Waals surface area contributed by atoms with Gasteiger partial charge in [0.2, 0.25) is 0 Å². The molecule has 1 aromatic carbocycles. The summed E-state index contributed by atoms with van der Waals surface area (Å²) in [6, 6.07) is 10.0. The highest BCUT2D eigenvalue weighted by Crippen LogP contribution is 2.36. The highest BCUT2D eigenvalue weighted by molar-refractivity contribution is 6.62. The van der Waals surface area contributed by atoms with Gasteiger partial charge in [-0.2, -0.15) is 5.10 Å². The van der Waals surface area contributed by atoms with E-state index >= 15 is 0 Å². The quantitative estimate of drug-likeness (QED) is 0.785. The third-order valence-electron chi connectivity index (χ3n) is 4.19. The third kappa shape index (κ3) is 2.17. The van der Waals surface area contributed by atoms with Gasteiger partial charge in [-0.05, 0) is 51.4 Å². The van der Waals surface area contributed by atoms with Gasteiger partial charge in [-0.15, -0.1) is 0 Å². The first-order chi connectivity index (χ1) is 9.39. The summed E-state index contributed by atoms with van der Waals surface area (Å²) >= 11 is 0. The minimum atomic E-state index is -0.313. The van der Waals surface area contributed by atoms with E-state index in [0.29, 0.717) is 0 Å². The van der Waals surface area contributed by atoms with Crippen LogP contribution in [0.3, 0.4) is 0 Å². The molecule has 20 heavy (non-hydrogen) atoms. The smallest absolute Gasteiger partial charge is 0.399 e. The van der Waals surface area contributed by atoms with Crippen LogP contribution in [0.1, 0.15) is 27.7 Å². The van der Waals surface area contributed by atoms with E-state index in [9.17, 15) is 0 Å². The summed E-state index contributed by atoms with van der Waals surface area (Å²) in [5.74, 6) is 0. The predicted molar refractivity (Wildman–Crippen MR) is 79.3 cm³/mol. The molecule has 0 spiro atoms. The van der Waals surface area contributed by atoms with E-state index in [1.807, 2.05) is 41.2 Å². The number of rotatable bonds is 2. The van der Waals surface area contributed by atoms with Gasteiger partial charge in [0.25, 0.3) is 0 Å². The summed E-state index contributed by atoms with van der Waals surface area (Å²) in [5, 5.41) is 4.21. The summed E-state index contributed by atoms with van der Waals surface area (Å²) in [6.07, 6.45) is 3.69. The van der Waals surface area contributed by atoms with Crippen molar-refractivity contribution in [3.05, 3.63) is 42.7 Å². The molecular formula is C15H19BN2O2. The van der Waals surface area contributed by atoms with Crippen LogP contribution in [-0.2, 0) is 9.31 Å². The van der Waals surface area contributed by atoms with Crippen LogP contribution < -0.4 is 5.46 Å². The third-order valence-corrected chi connectivity index (χ3v) is 4.19. The molecule has 4 nitrogen and oxygen atoms in total. The second-order valence-electron chi connectivity index (χ2n) is 6.13. The number of benzene rings is 1. The summed E-state index contributed by atoms with van der Waals surface area (Å²) in [6.45, 7) is 8.24. The van der Waals surface area contributed by atoms with Crippen LogP contribution in [0.25, 0.3) is 5.69 Å². The molecule has 1 aliphatic rings. The van der Waals surface area contributed by atoms with Crippen molar-refractivity contribution in [3.63, 3.8) is 0 Å². The normalized spacial score (nSPS) is 20.3. The predicted octanol–water partition coefficient (Wildman–Crippen LogP) is 2.17. The molecule has 0 N–H and O–H groups in total. The maximum Gasteiger partial charge on any atom is 0.494 e. The van der Waals surface area contributed by atoms with E-state index in [2.05, 4.69) is 32.8 Å². The van der Waals surface area contributed by atoms with Gasteiger partial charge in [0.05, 0.1) is 16.9 Å². The average Bonchev–Trinajstić information content (AvgIpc) is 2.97. The molecule has 3 rings (SSSR count). The van der Waals surface area contributed by atoms with E-state index < -0.39 is 0 Å². The minimum Gasteiger partial charge on any atom is -0.399 e. The average molecular weight is 270 g/mol. The van der Waals surface area contributed by atoms with Gasteiger partial charge in [-0.3, -0.25) is 0 Å². The van der Waals surface area contributed by atoms with E-state index in [4.69, 9.17) is 9.31 Å². The lowest BCUT2D eigenvalue weighted by Gasteiger charge is -2.32. The number of aromatic nitrogens is 2. The number of hydrogen-bond donors (Lipinski definition) is 0. The van der Waals surface area contributed by atoms with Gasteiger partial charge in [0.1, 0.15) is 0 Å². The lowest BCUT2D eigenvalue weighted by molar-refractivity contribution is 0.00578.